The molecule has 0 aliphatic heterocycles. The highest BCUT2D eigenvalue weighted by Gasteiger charge is 2.17. The predicted octanol–water partition coefficient (Wildman–Crippen LogP) is 8.99. The van der Waals surface area contributed by atoms with Gasteiger partial charge in [-0.3, -0.25) is 0 Å². The quantitative estimate of drug-likeness (QED) is 0.251. The van der Waals surface area contributed by atoms with E-state index in [0.29, 0.717) is 23.5 Å². The summed E-state index contributed by atoms with van der Waals surface area (Å²) in [6.45, 7) is 4.38. The average molecular weight is 463 g/mol. The molecule has 0 bridgehead atoms. The maximum absolute atomic E-state index is 14.9. The molecule has 34 heavy (non-hydrogen) atoms. The molecule has 0 N–H and O–H groups in total. The van der Waals surface area contributed by atoms with Crippen LogP contribution in [0.15, 0.2) is 72.8 Å². The number of benzene rings is 3. The van der Waals surface area contributed by atoms with Crippen LogP contribution in [0.25, 0.3) is 27.8 Å². The highest BCUT2D eigenvalue weighted by molar-refractivity contribution is 5.74. The van der Waals surface area contributed by atoms with E-state index in [1.54, 1.807) is 30.3 Å². The Bertz CT molecular complexity index is 1210. The van der Waals surface area contributed by atoms with Crippen molar-refractivity contribution in [3.63, 3.8) is 0 Å². The maximum atomic E-state index is 14.9. The van der Waals surface area contributed by atoms with Gasteiger partial charge in [-0.1, -0.05) is 61.5 Å². The Hall–Kier alpha value is -3.27. The molecule has 0 amide bonds. The van der Waals surface area contributed by atoms with E-state index in [9.17, 15) is 13.2 Å². The van der Waals surface area contributed by atoms with Gasteiger partial charge in [-0.15, -0.1) is 0 Å². The molecule has 0 fully saturated rings. The molecule has 4 rings (SSSR count). The monoisotopic (exact) mass is 462 g/mol. The maximum Gasteiger partial charge on any atom is 0.201 e. The summed E-state index contributed by atoms with van der Waals surface area (Å²) in [5.74, 6) is -1.62. The van der Waals surface area contributed by atoms with Crippen molar-refractivity contribution >= 4 is 5.57 Å². The minimum absolute atomic E-state index is 0.0968. The first kappa shape index (κ1) is 23.9. The lowest BCUT2D eigenvalue weighted by molar-refractivity contribution is 0.301. The van der Waals surface area contributed by atoms with E-state index >= 15 is 0 Å². The summed E-state index contributed by atoms with van der Waals surface area (Å²) in [7, 11) is 0. The van der Waals surface area contributed by atoms with Gasteiger partial charge in [-0.05, 0) is 79.0 Å². The molecule has 0 aromatic heterocycles. The molecule has 176 valence electrons. The van der Waals surface area contributed by atoms with Gasteiger partial charge in [0, 0.05) is 11.1 Å². The molecule has 0 saturated heterocycles. The summed E-state index contributed by atoms with van der Waals surface area (Å²) in [6, 6.07) is 15.3. The van der Waals surface area contributed by atoms with Gasteiger partial charge in [0.1, 0.15) is 5.82 Å². The lowest BCUT2D eigenvalue weighted by atomic mass is 9.87. The Kier molecular flexibility index (Phi) is 7.56. The van der Waals surface area contributed by atoms with Crippen molar-refractivity contribution in [1.82, 2.24) is 0 Å². The van der Waals surface area contributed by atoms with Gasteiger partial charge in [-0.2, -0.15) is 4.39 Å². The molecular weight excluding hydrogens is 433 g/mol. The van der Waals surface area contributed by atoms with Crippen LogP contribution in [0, 0.1) is 23.4 Å². The number of rotatable bonds is 7. The molecule has 3 aromatic rings. The molecule has 0 heterocycles. The van der Waals surface area contributed by atoms with E-state index in [0.717, 1.165) is 36.0 Å². The molecule has 4 heteroatoms. The van der Waals surface area contributed by atoms with Crippen LogP contribution in [0.5, 0.6) is 5.75 Å². The predicted molar refractivity (Wildman–Crippen MR) is 133 cm³/mol. The Labute approximate surface area is 199 Å². The van der Waals surface area contributed by atoms with E-state index in [-0.39, 0.29) is 23.7 Å². The van der Waals surface area contributed by atoms with E-state index in [4.69, 9.17) is 4.74 Å². The smallest absolute Gasteiger partial charge is 0.201 e. The van der Waals surface area contributed by atoms with Crippen molar-refractivity contribution in [2.45, 2.75) is 39.5 Å². The second kappa shape index (κ2) is 10.8. The Morgan fingerprint density at radius 1 is 0.882 bits per heavy atom. The summed E-state index contributed by atoms with van der Waals surface area (Å²) in [5.41, 5.74) is 3.99. The zero-order chi connectivity index (χ0) is 24.1. The van der Waals surface area contributed by atoms with Crippen molar-refractivity contribution in [3.8, 4) is 28.0 Å². The summed E-state index contributed by atoms with van der Waals surface area (Å²) in [6.07, 6.45) is 9.51. The fraction of sp³-hybridized carbons (Fsp3) is 0.267. The van der Waals surface area contributed by atoms with E-state index in [1.165, 1.54) is 12.1 Å². The van der Waals surface area contributed by atoms with Gasteiger partial charge in [0.05, 0.1) is 6.61 Å². The molecule has 1 atom stereocenters. The van der Waals surface area contributed by atoms with Crippen LogP contribution in [0.2, 0.25) is 0 Å². The summed E-state index contributed by atoms with van der Waals surface area (Å²) in [4.78, 5) is 0. The number of allylic oxidation sites excluding steroid dienone is 3. The molecule has 0 radical (unpaired) electrons. The lowest BCUT2D eigenvalue weighted by Crippen LogP contribution is -2.02. The van der Waals surface area contributed by atoms with E-state index in [1.807, 2.05) is 31.2 Å². The zero-order valence-electron chi connectivity index (χ0n) is 19.6. The second-order valence-corrected chi connectivity index (χ2v) is 8.83. The summed E-state index contributed by atoms with van der Waals surface area (Å²) < 4.78 is 49.4. The fourth-order valence-electron chi connectivity index (χ4n) is 4.28. The van der Waals surface area contributed by atoms with Crippen LogP contribution in [0.3, 0.4) is 0 Å². The van der Waals surface area contributed by atoms with Gasteiger partial charge in [0.2, 0.25) is 5.82 Å². The van der Waals surface area contributed by atoms with Crippen molar-refractivity contribution in [2.24, 2.45) is 5.92 Å². The standard InChI is InChI=1S/C30H29F3O/c1-3-4-5-18-34-28-17-16-26(29(32)30(28)33)23-12-10-21(11-13-23)24-14-15-25(27(31)19-24)22-8-6-20(2)7-9-22/h3-4,8,10-17,19-20H,5-7,9,18H2,1-2H3/b4-3-. The third kappa shape index (κ3) is 5.27. The third-order valence-corrected chi connectivity index (χ3v) is 6.34. The summed E-state index contributed by atoms with van der Waals surface area (Å²) in [5, 5.41) is 0. The average Bonchev–Trinajstić information content (AvgIpc) is 2.85. The van der Waals surface area contributed by atoms with Gasteiger partial charge >= 0.3 is 0 Å². The van der Waals surface area contributed by atoms with Gasteiger partial charge in [-0.25, -0.2) is 8.78 Å². The Balaban J connectivity index is 1.52. The molecular formula is C30H29F3O. The molecule has 1 aliphatic carbocycles. The van der Waals surface area contributed by atoms with Crippen molar-refractivity contribution in [1.29, 1.82) is 0 Å². The first-order chi connectivity index (χ1) is 16.5. The molecule has 3 aromatic carbocycles. The van der Waals surface area contributed by atoms with Crippen LogP contribution in [-0.4, -0.2) is 6.61 Å². The second-order valence-electron chi connectivity index (χ2n) is 8.83. The molecule has 0 spiro atoms. The molecule has 1 unspecified atom stereocenters. The highest BCUT2D eigenvalue weighted by Crippen LogP contribution is 2.34. The lowest BCUT2D eigenvalue weighted by Gasteiger charge is -2.19. The largest absolute Gasteiger partial charge is 0.490 e. The Morgan fingerprint density at radius 2 is 1.59 bits per heavy atom. The van der Waals surface area contributed by atoms with Crippen LogP contribution < -0.4 is 4.74 Å². The van der Waals surface area contributed by atoms with Gasteiger partial charge < -0.3 is 4.74 Å². The minimum Gasteiger partial charge on any atom is -0.490 e. The van der Waals surface area contributed by atoms with E-state index in [2.05, 4.69) is 13.0 Å². The van der Waals surface area contributed by atoms with Gasteiger partial charge in [0.25, 0.3) is 0 Å². The summed E-state index contributed by atoms with van der Waals surface area (Å²) >= 11 is 0. The topological polar surface area (TPSA) is 9.23 Å². The van der Waals surface area contributed by atoms with Crippen molar-refractivity contribution in [3.05, 3.63) is 95.8 Å². The molecule has 1 nitrogen and oxygen atoms in total. The number of hydrogen-bond acceptors (Lipinski definition) is 1. The minimum atomic E-state index is -0.994. The first-order valence-electron chi connectivity index (χ1n) is 11.8. The van der Waals surface area contributed by atoms with Crippen molar-refractivity contribution < 1.29 is 17.9 Å². The number of halogens is 3. The van der Waals surface area contributed by atoms with Gasteiger partial charge in [0.15, 0.2) is 11.6 Å². The van der Waals surface area contributed by atoms with Crippen LogP contribution >= 0.6 is 0 Å². The number of hydrogen-bond donors (Lipinski definition) is 0. The normalized spacial score (nSPS) is 16.0. The van der Waals surface area contributed by atoms with E-state index < -0.39 is 11.6 Å². The zero-order valence-corrected chi connectivity index (χ0v) is 19.6. The third-order valence-electron chi connectivity index (χ3n) is 6.34. The van der Waals surface area contributed by atoms with Crippen molar-refractivity contribution in [2.75, 3.05) is 6.61 Å². The SMILES string of the molecule is C/C=C\CCOc1ccc(-c2ccc(-c3ccc(C4=CCC(C)CC4)c(F)c3)cc2)c(F)c1F. The highest BCUT2D eigenvalue weighted by atomic mass is 19.2. The van der Waals surface area contributed by atoms with Crippen LogP contribution in [-0.2, 0) is 0 Å². The van der Waals surface area contributed by atoms with Crippen LogP contribution in [0.4, 0.5) is 13.2 Å². The number of ether oxygens (including phenoxy) is 1. The molecule has 0 saturated carbocycles. The van der Waals surface area contributed by atoms with Crippen LogP contribution in [0.1, 0.15) is 45.1 Å². The fourth-order valence-corrected chi connectivity index (χ4v) is 4.28. The molecule has 1 aliphatic rings. The Morgan fingerprint density at radius 3 is 2.26 bits per heavy atom. The first-order valence-corrected chi connectivity index (χ1v) is 11.8.